The summed E-state index contributed by atoms with van der Waals surface area (Å²) < 4.78 is 16.1. The Kier molecular flexibility index (Phi) is 5.73. The molecule has 152 valence electrons. The molecule has 0 radical (unpaired) electrons. The van der Waals surface area contributed by atoms with Crippen molar-refractivity contribution < 1.29 is 33.7 Å². The van der Waals surface area contributed by atoms with Crippen molar-refractivity contribution >= 4 is 23.5 Å². The molecule has 1 aromatic rings. The number of ether oxygens (including phenoxy) is 3. The molecule has 1 fully saturated rings. The third-order valence-electron chi connectivity index (χ3n) is 4.76. The van der Waals surface area contributed by atoms with Crippen molar-refractivity contribution in [1.82, 2.24) is 5.32 Å². The number of nitrogens with one attached hydrogen (secondary N) is 1. The van der Waals surface area contributed by atoms with E-state index >= 15 is 0 Å². The molecule has 2 aliphatic heterocycles. The summed E-state index contributed by atoms with van der Waals surface area (Å²) in [6.07, 6.45) is -0.227. The van der Waals surface area contributed by atoms with Crippen molar-refractivity contribution in [3.8, 4) is 11.5 Å². The van der Waals surface area contributed by atoms with Crippen LogP contribution in [0, 0.1) is 5.92 Å². The molecular weight excluding hydrogens is 368 g/mol. The molecule has 2 atom stereocenters. The molecular formula is C19H24N2O7. The maximum Gasteiger partial charge on any atom is 0.305 e. The van der Waals surface area contributed by atoms with E-state index in [4.69, 9.17) is 19.3 Å². The topological polar surface area (TPSA) is 114 Å². The normalized spacial score (nSPS) is 20.6. The van der Waals surface area contributed by atoms with E-state index in [1.54, 1.807) is 25.1 Å². The van der Waals surface area contributed by atoms with Gasteiger partial charge >= 0.3 is 5.97 Å². The molecule has 0 bridgehead atoms. The molecule has 0 spiro atoms. The van der Waals surface area contributed by atoms with Gasteiger partial charge in [-0.2, -0.15) is 0 Å². The van der Waals surface area contributed by atoms with Crippen LogP contribution in [0.2, 0.25) is 0 Å². The highest BCUT2D eigenvalue weighted by molar-refractivity contribution is 6.00. The Balaban J connectivity index is 1.69. The van der Waals surface area contributed by atoms with Gasteiger partial charge < -0.3 is 29.5 Å². The first-order valence-electron chi connectivity index (χ1n) is 9.04. The number of nitrogens with zero attached hydrogens (tertiary/aromatic N) is 1. The lowest BCUT2D eigenvalue weighted by atomic mass is 9.97. The number of hydrogen-bond donors (Lipinski definition) is 2. The maximum atomic E-state index is 12.7. The highest BCUT2D eigenvalue weighted by Gasteiger charge is 2.39. The van der Waals surface area contributed by atoms with Crippen LogP contribution in [0.1, 0.15) is 19.8 Å². The first kappa shape index (κ1) is 19.9. The van der Waals surface area contributed by atoms with E-state index in [1.165, 1.54) is 12.0 Å². The van der Waals surface area contributed by atoms with E-state index < -0.39 is 17.4 Å². The van der Waals surface area contributed by atoms with Gasteiger partial charge in [-0.15, -0.1) is 0 Å². The predicted octanol–water partition coefficient (Wildman–Crippen LogP) is 0.807. The molecule has 1 aromatic carbocycles. The summed E-state index contributed by atoms with van der Waals surface area (Å²) in [4.78, 5) is 37.8. The van der Waals surface area contributed by atoms with Crippen LogP contribution in [0.5, 0.6) is 11.5 Å². The Bertz CT molecular complexity index is 782. The van der Waals surface area contributed by atoms with Crippen molar-refractivity contribution in [1.29, 1.82) is 0 Å². The second kappa shape index (κ2) is 8.05. The third kappa shape index (κ3) is 4.36. The fraction of sp³-hybridized carbons (Fsp3) is 0.526. The fourth-order valence-corrected chi connectivity index (χ4v) is 3.52. The monoisotopic (exact) mass is 392 g/mol. The molecule has 3 rings (SSSR count). The van der Waals surface area contributed by atoms with Crippen LogP contribution in [0.4, 0.5) is 5.69 Å². The van der Waals surface area contributed by atoms with Crippen LogP contribution in [0.3, 0.4) is 0 Å². The Morgan fingerprint density at radius 1 is 1.32 bits per heavy atom. The van der Waals surface area contributed by atoms with E-state index in [1.807, 2.05) is 0 Å². The number of rotatable bonds is 7. The first-order valence-corrected chi connectivity index (χ1v) is 9.04. The molecule has 2 amide bonds. The second-order valence-corrected chi connectivity index (χ2v) is 7.29. The van der Waals surface area contributed by atoms with E-state index in [0.717, 1.165) is 0 Å². The molecule has 2 aliphatic rings. The van der Waals surface area contributed by atoms with Crippen LogP contribution in [-0.2, 0) is 19.1 Å². The summed E-state index contributed by atoms with van der Waals surface area (Å²) in [5, 5.41) is 11.8. The van der Waals surface area contributed by atoms with Crippen molar-refractivity contribution in [3.63, 3.8) is 0 Å². The number of carbonyl (C=O) groups excluding carboxylic acids is 2. The van der Waals surface area contributed by atoms with Crippen molar-refractivity contribution in [3.05, 3.63) is 18.2 Å². The summed E-state index contributed by atoms with van der Waals surface area (Å²) in [6, 6.07) is 5.23. The average molecular weight is 392 g/mol. The molecule has 0 aliphatic carbocycles. The van der Waals surface area contributed by atoms with Crippen LogP contribution < -0.4 is 19.7 Å². The standard InChI is InChI=1S/C19H24N2O7/c1-19(11-26-2,9-17(23)24)20-18(25)12-7-16(22)21(10-12)13-3-4-14-15(8-13)28-6-5-27-14/h3-4,8,12H,5-7,9-11H2,1-2H3,(H,20,25)(H,23,24). The van der Waals surface area contributed by atoms with Gasteiger partial charge in [0.05, 0.1) is 24.5 Å². The predicted molar refractivity (Wildman–Crippen MR) is 98.6 cm³/mol. The van der Waals surface area contributed by atoms with Gasteiger partial charge in [0.1, 0.15) is 13.2 Å². The van der Waals surface area contributed by atoms with E-state index in [-0.39, 0.29) is 37.8 Å². The zero-order valence-corrected chi connectivity index (χ0v) is 15.9. The number of fused-ring (bicyclic) bond motifs is 1. The van der Waals surface area contributed by atoms with Gasteiger partial charge in [0, 0.05) is 31.8 Å². The molecule has 9 heteroatoms. The summed E-state index contributed by atoms with van der Waals surface area (Å²) in [5.74, 6) is -0.970. The van der Waals surface area contributed by atoms with Gasteiger partial charge in [-0.25, -0.2) is 0 Å². The highest BCUT2D eigenvalue weighted by atomic mass is 16.6. The van der Waals surface area contributed by atoms with E-state index in [0.29, 0.717) is 30.4 Å². The molecule has 2 N–H and O–H groups in total. The second-order valence-electron chi connectivity index (χ2n) is 7.29. The number of carboxylic acid groups (broad SMARTS) is 1. The Labute approximate surface area is 162 Å². The SMILES string of the molecule is COCC(C)(CC(=O)O)NC(=O)C1CC(=O)N(c2ccc3c(c2)OCCO3)C1. The Morgan fingerprint density at radius 3 is 2.71 bits per heavy atom. The summed E-state index contributed by atoms with van der Waals surface area (Å²) in [6.45, 7) is 2.79. The molecule has 0 aromatic heterocycles. The van der Waals surface area contributed by atoms with Gasteiger partial charge in [-0.05, 0) is 19.1 Å². The van der Waals surface area contributed by atoms with Gasteiger partial charge in [0.25, 0.3) is 0 Å². The van der Waals surface area contributed by atoms with Gasteiger partial charge in [-0.1, -0.05) is 0 Å². The number of aliphatic carboxylic acids is 1. The number of methoxy groups -OCH3 is 1. The lowest BCUT2D eigenvalue weighted by Gasteiger charge is -2.29. The summed E-state index contributed by atoms with van der Waals surface area (Å²) in [7, 11) is 1.44. The van der Waals surface area contributed by atoms with E-state index in [2.05, 4.69) is 5.32 Å². The summed E-state index contributed by atoms with van der Waals surface area (Å²) in [5.41, 5.74) is -0.416. The quantitative estimate of drug-likeness (QED) is 0.706. The van der Waals surface area contributed by atoms with E-state index in [9.17, 15) is 14.4 Å². The van der Waals surface area contributed by atoms with Crippen LogP contribution >= 0.6 is 0 Å². The molecule has 28 heavy (non-hydrogen) atoms. The zero-order chi connectivity index (χ0) is 20.3. The fourth-order valence-electron chi connectivity index (χ4n) is 3.52. The van der Waals surface area contributed by atoms with Crippen LogP contribution in [-0.4, -0.2) is 61.9 Å². The number of carbonyl (C=O) groups is 3. The minimum atomic E-state index is -1.05. The maximum absolute atomic E-state index is 12.7. The summed E-state index contributed by atoms with van der Waals surface area (Å²) >= 11 is 0. The lowest BCUT2D eigenvalue weighted by molar-refractivity contribution is -0.140. The largest absolute Gasteiger partial charge is 0.486 e. The lowest BCUT2D eigenvalue weighted by Crippen LogP contribution is -2.52. The number of carboxylic acids is 1. The van der Waals surface area contributed by atoms with Crippen molar-refractivity contribution in [2.24, 2.45) is 5.92 Å². The third-order valence-corrected chi connectivity index (χ3v) is 4.76. The first-order chi connectivity index (χ1) is 13.3. The van der Waals surface area contributed by atoms with Gasteiger partial charge in [-0.3, -0.25) is 14.4 Å². The minimum absolute atomic E-state index is 0.0520. The smallest absolute Gasteiger partial charge is 0.305 e. The van der Waals surface area contributed by atoms with Crippen LogP contribution in [0.15, 0.2) is 18.2 Å². The number of benzene rings is 1. The van der Waals surface area contributed by atoms with Gasteiger partial charge in [0.2, 0.25) is 11.8 Å². The van der Waals surface area contributed by atoms with Crippen molar-refractivity contribution in [2.75, 3.05) is 38.4 Å². The molecule has 1 saturated heterocycles. The Hall–Kier alpha value is -2.81. The molecule has 2 heterocycles. The minimum Gasteiger partial charge on any atom is -0.486 e. The zero-order valence-electron chi connectivity index (χ0n) is 15.9. The number of hydrogen-bond acceptors (Lipinski definition) is 6. The van der Waals surface area contributed by atoms with Crippen molar-refractivity contribution in [2.45, 2.75) is 25.3 Å². The average Bonchev–Trinajstić information content (AvgIpc) is 3.02. The Morgan fingerprint density at radius 2 is 2.04 bits per heavy atom. The number of amides is 2. The van der Waals surface area contributed by atoms with Gasteiger partial charge in [0.15, 0.2) is 11.5 Å². The molecule has 9 nitrogen and oxygen atoms in total. The highest BCUT2D eigenvalue weighted by Crippen LogP contribution is 2.36. The molecule has 2 unspecified atom stereocenters. The molecule has 0 saturated carbocycles. The number of anilines is 1. The van der Waals surface area contributed by atoms with Crippen LogP contribution in [0.25, 0.3) is 0 Å².